The molecular formula is C31H32N2O3S. The van der Waals surface area contributed by atoms with Crippen LogP contribution in [0.1, 0.15) is 33.7 Å². The van der Waals surface area contributed by atoms with Crippen molar-refractivity contribution in [3.63, 3.8) is 0 Å². The highest BCUT2D eigenvalue weighted by Gasteiger charge is 2.27. The number of hydrogen-bond donors (Lipinski definition) is 1. The molecule has 0 saturated carbocycles. The standard InChI is InChI=1S/C31H32N2O3S/c1-37(34,35)32-30-20-28-27(19-31(30)36-23-25-13-7-3-8-14-25)17-18-33(21-24-11-5-2-6-12-24)22-29(28)26-15-9-4-10-16-26/h2-16,19-20,29,32H,17-18,21-23H2,1H3. The first kappa shape index (κ1) is 25.1. The number of sulfonamides is 1. The Bertz CT molecular complexity index is 1430. The Hall–Kier alpha value is -3.61. The first-order valence-electron chi connectivity index (χ1n) is 12.6. The second-order valence-electron chi connectivity index (χ2n) is 9.63. The van der Waals surface area contributed by atoms with Crippen LogP contribution in [-0.2, 0) is 29.6 Å². The van der Waals surface area contributed by atoms with Crippen molar-refractivity contribution in [2.24, 2.45) is 0 Å². The Balaban J connectivity index is 1.53. The summed E-state index contributed by atoms with van der Waals surface area (Å²) in [5.41, 5.74) is 6.33. The molecule has 6 heteroatoms. The van der Waals surface area contributed by atoms with Crippen LogP contribution in [0.25, 0.3) is 0 Å². The molecule has 0 radical (unpaired) electrons. The molecule has 5 rings (SSSR count). The topological polar surface area (TPSA) is 58.6 Å². The molecule has 37 heavy (non-hydrogen) atoms. The molecule has 1 atom stereocenters. The molecule has 1 heterocycles. The molecule has 1 aliphatic heterocycles. The van der Waals surface area contributed by atoms with E-state index in [1.54, 1.807) is 0 Å². The van der Waals surface area contributed by atoms with Crippen molar-refractivity contribution in [2.45, 2.75) is 25.5 Å². The lowest BCUT2D eigenvalue weighted by Crippen LogP contribution is -2.28. The van der Waals surface area contributed by atoms with Crippen LogP contribution in [0.3, 0.4) is 0 Å². The van der Waals surface area contributed by atoms with E-state index in [0.29, 0.717) is 18.0 Å². The molecule has 1 N–H and O–H groups in total. The van der Waals surface area contributed by atoms with E-state index in [1.165, 1.54) is 22.9 Å². The molecule has 0 bridgehead atoms. The summed E-state index contributed by atoms with van der Waals surface area (Å²) in [6, 6.07) is 34.9. The van der Waals surface area contributed by atoms with Gasteiger partial charge in [-0.2, -0.15) is 0 Å². The van der Waals surface area contributed by atoms with Crippen molar-refractivity contribution >= 4 is 15.7 Å². The Morgan fingerprint density at radius 1 is 0.865 bits per heavy atom. The van der Waals surface area contributed by atoms with Gasteiger partial charge in [0, 0.05) is 25.6 Å². The van der Waals surface area contributed by atoms with Gasteiger partial charge in [-0.3, -0.25) is 9.62 Å². The van der Waals surface area contributed by atoms with Crippen LogP contribution in [0.15, 0.2) is 103 Å². The van der Waals surface area contributed by atoms with Gasteiger partial charge in [-0.25, -0.2) is 8.42 Å². The molecule has 0 spiro atoms. The molecule has 4 aromatic carbocycles. The van der Waals surface area contributed by atoms with Crippen LogP contribution >= 0.6 is 0 Å². The lowest BCUT2D eigenvalue weighted by atomic mass is 9.87. The Kier molecular flexibility index (Phi) is 7.58. The molecule has 190 valence electrons. The molecule has 0 saturated heterocycles. The van der Waals surface area contributed by atoms with Crippen molar-refractivity contribution in [2.75, 3.05) is 24.1 Å². The van der Waals surface area contributed by atoms with Gasteiger partial charge < -0.3 is 4.74 Å². The largest absolute Gasteiger partial charge is 0.487 e. The number of benzene rings is 4. The molecule has 0 fully saturated rings. The molecule has 1 aliphatic rings. The minimum Gasteiger partial charge on any atom is -0.487 e. The molecule has 0 amide bonds. The lowest BCUT2D eigenvalue weighted by Gasteiger charge is -2.26. The van der Waals surface area contributed by atoms with Gasteiger partial charge in [0.1, 0.15) is 12.4 Å². The van der Waals surface area contributed by atoms with Gasteiger partial charge in [0.2, 0.25) is 10.0 Å². The monoisotopic (exact) mass is 512 g/mol. The number of nitrogens with one attached hydrogen (secondary N) is 1. The minimum absolute atomic E-state index is 0.102. The summed E-state index contributed by atoms with van der Waals surface area (Å²) in [6.45, 7) is 2.97. The summed E-state index contributed by atoms with van der Waals surface area (Å²) < 4.78 is 33.5. The molecule has 0 aromatic heterocycles. The maximum Gasteiger partial charge on any atom is 0.229 e. The van der Waals surface area contributed by atoms with Gasteiger partial charge in [0.25, 0.3) is 0 Å². The van der Waals surface area contributed by atoms with Gasteiger partial charge in [-0.1, -0.05) is 91.0 Å². The second kappa shape index (κ2) is 11.2. The average Bonchev–Trinajstić information content (AvgIpc) is 3.07. The highest BCUT2D eigenvalue weighted by molar-refractivity contribution is 7.92. The zero-order chi connectivity index (χ0) is 25.7. The highest BCUT2D eigenvalue weighted by Crippen LogP contribution is 2.38. The number of hydrogen-bond acceptors (Lipinski definition) is 4. The predicted octanol–water partition coefficient (Wildman–Crippen LogP) is 5.83. The summed E-state index contributed by atoms with van der Waals surface area (Å²) in [5, 5.41) is 0. The number of anilines is 1. The van der Waals surface area contributed by atoms with Crippen LogP contribution in [-0.4, -0.2) is 32.7 Å². The van der Waals surface area contributed by atoms with Gasteiger partial charge in [0.05, 0.1) is 11.9 Å². The van der Waals surface area contributed by atoms with Crippen molar-refractivity contribution in [1.29, 1.82) is 0 Å². The van der Waals surface area contributed by atoms with Crippen molar-refractivity contribution in [3.8, 4) is 5.75 Å². The maximum atomic E-state index is 12.3. The Labute approximate surface area is 219 Å². The van der Waals surface area contributed by atoms with E-state index >= 15 is 0 Å². The van der Waals surface area contributed by atoms with Gasteiger partial charge >= 0.3 is 0 Å². The minimum atomic E-state index is -3.49. The maximum absolute atomic E-state index is 12.3. The number of rotatable bonds is 8. The van der Waals surface area contributed by atoms with Gasteiger partial charge in [0.15, 0.2) is 0 Å². The van der Waals surface area contributed by atoms with E-state index in [0.717, 1.165) is 37.2 Å². The third-order valence-corrected chi connectivity index (χ3v) is 7.33. The van der Waals surface area contributed by atoms with Crippen molar-refractivity contribution in [1.82, 2.24) is 4.90 Å². The molecular weight excluding hydrogens is 480 g/mol. The summed E-state index contributed by atoms with van der Waals surface area (Å²) in [5.74, 6) is 0.655. The quantitative estimate of drug-likeness (QED) is 0.323. The van der Waals surface area contributed by atoms with Gasteiger partial charge in [-0.15, -0.1) is 0 Å². The predicted molar refractivity (Wildman–Crippen MR) is 149 cm³/mol. The van der Waals surface area contributed by atoms with Crippen LogP contribution < -0.4 is 9.46 Å². The Morgan fingerprint density at radius 2 is 1.49 bits per heavy atom. The SMILES string of the molecule is CS(=O)(=O)Nc1cc2c(cc1OCc1ccccc1)CCN(Cc1ccccc1)CC2c1ccccc1. The number of fused-ring (bicyclic) bond motifs is 1. The first-order chi connectivity index (χ1) is 17.9. The summed E-state index contributed by atoms with van der Waals surface area (Å²) in [7, 11) is -3.49. The zero-order valence-electron chi connectivity index (χ0n) is 21.0. The Morgan fingerprint density at radius 3 is 2.14 bits per heavy atom. The van der Waals surface area contributed by atoms with E-state index in [9.17, 15) is 8.42 Å². The molecule has 0 aliphatic carbocycles. The highest BCUT2D eigenvalue weighted by atomic mass is 32.2. The molecule has 5 nitrogen and oxygen atoms in total. The zero-order valence-corrected chi connectivity index (χ0v) is 21.8. The third kappa shape index (κ3) is 6.59. The smallest absolute Gasteiger partial charge is 0.229 e. The van der Waals surface area contributed by atoms with Crippen LogP contribution in [0.5, 0.6) is 5.75 Å². The fourth-order valence-corrected chi connectivity index (χ4v) is 5.55. The van der Waals surface area contributed by atoms with Gasteiger partial charge in [-0.05, 0) is 46.4 Å². The summed E-state index contributed by atoms with van der Waals surface area (Å²) in [4.78, 5) is 2.49. The van der Waals surface area contributed by atoms with Crippen LogP contribution in [0.2, 0.25) is 0 Å². The fourth-order valence-electron chi connectivity index (χ4n) is 5.00. The average molecular weight is 513 g/mol. The normalized spacial score (nSPS) is 16.0. The van der Waals surface area contributed by atoms with Crippen molar-refractivity contribution in [3.05, 3.63) is 131 Å². The van der Waals surface area contributed by atoms with E-state index < -0.39 is 10.0 Å². The van der Waals surface area contributed by atoms with Crippen LogP contribution in [0.4, 0.5) is 5.69 Å². The van der Waals surface area contributed by atoms with Crippen molar-refractivity contribution < 1.29 is 13.2 Å². The second-order valence-corrected chi connectivity index (χ2v) is 11.4. The molecule has 1 unspecified atom stereocenters. The number of ether oxygens (including phenoxy) is 1. The van der Waals surface area contributed by atoms with E-state index in [1.807, 2.05) is 54.6 Å². The van der Waals surface area contributed by atoms with E-state index in [4.69, 9.17) is 4.74 Å². The van der Waals surface area contributed by atoms with Crippen LogP contribution in [0, 0.1) is 0 Å². The third-order valence-electron chi connectivity index (χ3n) is 6.74. The summed E-state index contributed by atoms with van der Waals surface area (Å²) >= 11 is 0. The first-order valence-corrected chi connectivity index (χ1v) is 14.5. The fraction of sp³-hybridized carbons (Fsp3) is 0.226. The number of nitrogens with zero attached hydrogens (tertiary/aromatic N) is 1. The lowest BCUT2D eigenvalue weighted by molar-refractivity contribution is 0.268. The summed E-state index contributed by atoms with van der Waals surface area (Å²) in [6.07, 6.45) is 2.03. The van der Waals surface area contributed by atoms with E-state index in [2.05, 4.69) is 58.2 Å². The van der Waals surface area contributed by atoms with E-state index in [-0.39, 0.29) is 5.92 Å². The molecule has 4 aromatic rings.